The number of nitrogens with two attached hydrogens (primary N) is 1. The van der Waals surface area contributed by atoms with Gasteiger partial charge in [-0.2, -0.15) is 0 Å². The molecule has 0 spiro atoms. The van der Waals surface area contributed by atoms with Crippen molar-refractivity contribution in [2.75, 3.05) is 19.4 Å². The molecule has 0 fully saturated rings. The lowest BCUT2D eigenvalue weighted by Crippen LogP contribution is -2.16. The summed E-state index contributed by atoms with van der Waals surface area (Å²) in [5.74, 6) is -3.65. The predicted molar refractivity (Wildman–Crippen MR) is 88.7 cm³/mol. The summed E-state index contributed by atoms with van der Waals surface area (Å²) in [5.41, 5.74) is 4.60. The number of nitrogens with one attached hydrogen (secondary N) is 1. The molecule has 0 atom stereocenters. The third-order valence-corrected chi connectivity index (χ3v) is 3.53. The smallest absolute Gasteiger partial charge is 0.291 e. The first-order valence-corrected chi connectivity index (χ1v) is 7.52. The van der Waals surface area contributed by atoms with Gasteiger partial charge in [0.2, 0.25) is 5.76 Å². The zero-order valence-electron chi connectivity index (χ0n) is 13.9. The van der Waals surface area contributed by atoms with Gasteiger partial charge in [0.25, 0.3) is 11.8 Å². The SMILES string of the molecule is CN(C)Cc1ccc(C(=O)Nc2c(C(N)=O)oc3c(F)cc(F)cc23)o1. The van der Waals surface area contributed by atoms with E-state index in [4.69, 9.17) is 14.6 Å². The number of benzene rings is 1. The highest BCUT2D eigenvalue weighted by atomic mass is 19.1. The molecule has 0 saturated heterocycles. The summed E-state index contributed by atoms with van der Waals surface area (Å²) in [4.78, 5) is 25.8. The van der Waals surface area contributed by atoms with Crippen molar-refractivity contribution in [3.05, 3.63) is 53.2 Å². The van der Waals surface area contributed by atoms with Crippen molar-refractivity contribution in [1.82, 2.24) is 4.90 Å². The minimum Gasteiger partial charge on any atom is -0.455 e. The summed E-state index contributed by atoms with van der Waals surface area (Å²) in [6.45, 7) is 0.477. The number of furan rings is 2. The lowest BCUT2D eigenvalue weighted by molar-refractivity contribution is 0.0976. The van der Waals surface area contributed by atoms with Crippen LogP contribution in [0.3, 0.4) is 0 Å². The van der Waals surface area contributed by atoms with E-state index in [2.05, 4.69) is 5.32 Å². The minimum atomic E-state index is -1.04. The van der Waals surface area contributed by atoms with Gasteiger partial charge in [-0.25, -0.2) is 8.78 Å². The summed E-state index contributed by atoms with van der Waals surface area (Å²) in [7, 11) is 3.67. The largest absolute Gasteiger partial charge is 0.455 e. The Labute approximate surface area is 146 Å². The van der Waals surface area contributed by atoms with E-state index >= 15 is 0 Å². The highest BCUT2D eigenvalue weighted by Gasteiger charge is 2.24. The standard InChI is InChI=1S/C17H15F2N3O4/c1-22(2)7-9-3-4-12(25-9)17(24)21-13-10-5-8(18)6-11(19)14(10)26-15(13)16(20)23/h3-6H,7H2,1-2H3,(H2,20,23)(H,21,24). The van der Waals surface area contributed by atoms with Crippen LogP contribution in [0.25, 0.3) is 11.0 Å². The molecule has 7 nitrogen and oxygen atoms in total. The molecule has 3 aromatic rings. The lowest BCUT2D eigenvalue weighted by atomic mass is 10.2. The summed E-state index contributed by atoms with van der Waals surface area (Å²) in [5, 5.41) is 2.26. The molecular weight excluding hydrogens is 348 g/mol. The molecule has 2 amide bonds. The first-order valence-electron chi connectivity index (χ1n) is 7.52. The number of hydrogen-bond donors (Lipinski definition) is 2. The maximum Gasteiger partial charge on any atom is 0.291 e. The van der Waals surface area contributed by atoms with E-state index < -0.39 is 29.2 Å². The zero-order chi connectivity index (χ0) is 19.0. The molecule has 26 heavy (non-hydrogen) atoms. The van der Waals surface area contributed by atoms with Gasteiger partial charge >= 0.3 is 0 Å². The van der Waals surface area contributed by atoms with Crippen molar-refractivity contribution in [2.24, 2.45) is 5.73 Å². The molecule has 3 N–H and O–H groups in total. The Morgan fingerprint density at radius 3 is 2.58 bits per heavy atom. The van der Waals surface area contributed by atoms with Crippen molar-refractivity contribution in [3.8, 4) is 0 Å². The van der Waals surface area contributed by atoms with Gasteiger partial charge in [0.15, 0.2) is 17.2 Å². The van der Waals surface area contributed by atoms with Gasteiger partial charge in [0, 0.05) is 6.07 Å². The molecule has 0 aliphatic rings. The Balaban J connectivity index is 1.99. The molecule has 0 radical (unpaired) electrons. The molecule has 1 aromatic carbocycles. The number of carbonyl (C=O) groups excluding carboxylic acids is 2. The van der Waals surface area contributed by atoms with E-state index in [1.807, 2.05) is 19.0 Å². The van der Waals surface area contributed by atoms with Crippen LogP contribution in [0.1, 0.15) is 26.9 Å². The Bertz CT molecular complexity index is 1010. The molecule has 2 aromatic heterocycles. The van der Waals surface area contributed by atoms with Crippen LogP contribution in [0.15, 0.2) is 33.1 Å². The molecule has 0 aliphatic heterocycles. The number of rotatable bonds is 5. The van der Waals surface area contributed by atoms with Crippen molar-refractivity contribution in [1.29, 1.82) is 0 Å². The maximum absolute atomic E-state index is 13.9. The molecular formula is C17H15F2N3O4. The Kier molecular flexibility index (Phi) is 4.47. The number of amides is 2. The van der Waals surface area contributed by atoms with Gasteiger partial charge < -0.3 is 24.8 Å². The van der Waals surface area contributed by atoms with E-state index in [1.54, 1.807) is 6.07 Å². The monoisotopic (exact) mass is 363 g/mol. The number of halogens is 2. The van der Waals surface area contributed by atoms with Crippen molar-refractivity contribution in [3.63, 3.8) is 0 Å². The van der Waals surface area contributed by atoms with Gasteiger partial charge in [0.05, 0.1) is 11.9 Å². The molecule has 0 saturated carbocycles. The fraction of sp³-hybridized carbons (Fsp3) is 0.176. The number of primary amides is 1. The van der Waals surface area contributed by atoms with Gasteiger partial charge in [0.1, 0.15) is 17.3 Å². The predicted octanol–water partition coefficient (Wildman–Crippen LogP) is 2.72. The third-order valence-electron chi connectivity index (χ3n) is 3.53. The number of anilines is 1. The third kappa shape index (κ3) is 3.29. The van der Waals surface area contributed by atoms with Crippen LogP contribution in [0.2, 0.25) is 0 Å². The van der Waals surface area contributed by atoms with Crippen LogP contribution in [-0.2, 0) is 6.54 Å². The molecule has 136 valence electrons. The van der Waals surface area contributed by atoms with Crippen LogP contribution >= 0.6 is 0 Å². The molecule has 0 unspecified atom stereocenters. The molecule has 0 bridgehead atoms. The van der Waals surface area contributed by atoms with E-state index in [0.717, 1.165) is 6.07 Å². The van der Waals surface area contributed by atoms with Crippen molar-refractivity contribution < 1.29 is 27.2 Å². The first kappa shape index (κ1) is 17.6. The average Bonchev–Trinajstić information content (AvgIpc) is 3.12. The van der Waals surface area contributed by atoms with E-state index in [0.29, 0.717) is 18.4 Å². The lowest BCUT2D eigenvalue weighted by Gasteiger charge is -2.06. The number of carbonyl (C=O) groups is 2. The fourth-order valence-corrected chi connectivity index (χ4v) is 2.49. The normalized spacial score (nSPS) is 11.3. The summed E-state index contributed by atoms with van der Waals surface area (Å²) >= 11 is 0. The van der Waals surface area contributed by atoms with Gasteiger partial charge in [-0.15, -0.1) is 0 Å². The molecule has 0 aliphatic carbocycles. The van der Waals surface area contributed by atoms with Crippen molar-refractivity contribution in [2.45, 2.75) is 6.54 Å². The quantitative estimate of drug-likeness (QED) is 0.726. The van der Waals surface area contributed by atoms with Crippen LogP contribution in [-0.4, -0.2) is 30.8 Å². The first-order chi connectivity index (χ1) is 12.3. The van der Waals surface area contributed by atoms with E-state index in [-0.39, 0.29) is 22.4 Å². The summed E-state index contributed by atoms with van der Waals surface area (Å²) in [6.07, 6.45) is 0. The van der Waals surface area contributed by atoms with E-state index in [9.17, 15) is 18.4 Å². The van der Waals surface area contributed by atoms with Crippen LogP contribution in [0.4, 0.5) is 14.5 Å². The highest BCUT2D eigenvalue weighted by Crippen LogP contribution is 2.33. The second-order valence-electron chi connectivity index (χ2n) is 5.89. The van der Waals surface area contributed by atoms with Gasteiger partial charge in [-0.3, -0.25) is 9.59 Å². The molecule has 3 rings (SSSR count). The second kappa shape index (κ2) is 6.60. The van der Waals surface area contributed by atoms with E-state index in [1.165, 1.54) is 6.07 Å². The second-order valence-corrected chi connectivity index (χ2v) is 5.89. The Hall–Kier alpha value is -3.20. The fourth-order valence-electron chi connectivity index (χ4n) is 2.49. The van der Waals surface area contributed by atoms with Gasteiger partial charge in [-0.1, -0.05) is 0 Å². The minimum absolute atomic E-state index is 0.0384. The van der Waals surface area contributed by atoms with Crippen LogP contribution in [0.5, 0.6) is 0 Å². The Morgan fingerprint density at radius 2 is 1.92 bits per heavy atom. The van der Waals surface area contributed by atoms with Crippen molar-refractivity contribution >= 4 is 28.5 Å². The summed E-state index contributed by atoms with van der Waals surface area (Å²) < 4.78 is 37.9. The maximum atomic E-state index is 13.9. The Morgan fingerprint density at radius 1 is 1.19 bits per heavy atom. The number of nitrogens with zero attached hydrogens (tertiary/aromatic N) is 1. The van der Waals surface area contributed by atoms with Gasteiger partial charge in [-0.05, 0) is 32.3 Å². The molecule has 2 heterocycles. The topological polar surface area (TPSA) is 102 Å². The van der Waals surface area contributed by atoms with Crippen LogP contribution < -0.4 is 11.1 Å². The number of fused-ring (bicyclic) bond motifs is 1. The zero-order valence-corrected chi connectivity index (χ0v) is 13.9. The highest BCUT2D eigenvalue weighted by molar-refractivity contribution is 6.13. The molecule has 9 heteroatoms. The average molecular weight is 363 g/mol. The number of hydrogen-bond acceptors (Lipinski definition) is 5. The van der Waals surface area contributed by atoms with Crippen LogP contribution in [0, 0.1) is 11.6 Å². The summed E-state index contributed by atoms with van der Waals surface area (Å²) in [6, 6.07) is 4.60.